The zero-order chi connectivity index (χ0) is 21.1. The lowest BCUT2D eigenvalue weighted by molar-refractivity contribution is 0.330. The number of halogens is 1. The maximum absolute atomic E-state index is 13.2. The van der Waals surface area contributed by atoms with Crippen molar-refractivity contribution in [2.75, 3.05) is 20.2 Å². The molecule has 0 aliphatic carbocycles. The van der Waals surface area contributed by atoms with Crippen molar-refractivity contribution in [1.29, 1.82) is 0 Å². The van der Waals surface area contributed by atoms with E-state index < -0.39 is 11.2 Å². The standard InChI is InChI=1S/C22H23FN4O3/c1-30-20-21(28)26(14-16-8-10-18(23)11-9-16)22(29)27(24-20)19-7-3-2-6-17(19)15-25-12-4-5-13-25/h2-3,6-11H,4-5,12-15H2,1H3. The average Bonchev–Trinajstić information content (AvgIpc) is 3.26. The Bertz CT molecular complexity index is 1150. The predicted molar refractivity (Wildman–Crippen MR) is 111 cm³/mol. The Hall–Kier alpha value is -3.26. The van der Waals surface area contributed by atoms with Crippen LogP contribution in [0.15, 0.2) is 58.1 Å². The van der Waals surface area contributed by atoms with E-state index in [-0.39, 0.29) is 18.2 Å². The topological polar surface area (TPSA) is 69.4 Å². The highest BCUT2D eigenvalue weighted by molar-refractivity contribution is 5.40. The van der Waals surface area contributed by atoms with Gasteiger partial charge in [0.2, 0.25) is 0 Å². The maximum atomic E-state index is 13.2. The molecule has 0 atom stereocenters. The molecule has 1 aliphatic heterocycles. The second-order valence-corrected chi connectivity index (χ2v) is 7.33. The Morgan fingerprint density at radius 1 is 1.00 bits per heavy atom. The minimum atomic E-state index is -0.625. The molecule has 30 heavy (non-hydrogen) atoms. The smallest absolute Gasteiger partial charge is 0.352 e. The van der Waals surface area contributed by atoms with Gasteiger partial charge < -0.3 is 4.74 Å². The summed E-state index contributed by atoms with van der Waals surface area (Å²) in [6.07, 6.45) is 2.33. The first-order chi connectivity index (χ1) is 14.6. The molecule has 8 heteroatoms. The Morgan fingerprint density at radius 3 is 2.40 bits per heavy atom. The van der Waals surface area contributed by atoms with E-state index in [9.17, 15) is 14.0 Å². The highest BCUT2D eigenvalue weighted by Crippen LogP contribution is 2.18. The summed E-state index contributed by atoms with van der Waals surface area (Å²) >= 11 is 0. The van der Waals surface area contributed by atoms with Gasteiger partial charge in [-0.2, -0.15) is 4.68 Å². The van der Waals surface area contributed by atoms with Crippen molar-refractivity contribution in [2.24, 2.45) is 0 Å². The third-order valence-electron chi connectivity index (χ3n) is 5.29. The highest BCUT2D eigenvalue weighted by Gasteiger charge is 2.19. The van der Waals surface area contributed by atoms with Crippen LogP contribution >= 0.6 is 0 Å². The number of benzene rings is 2. The monoisotopic (exact) mass is 410 g/mol. The van der Waals surface area contributed by atoms with Gasteiger partial charge in [-0.05, 0) is 55.3 Å². The zero-order valence-corrected chi connectivity index (χ0v) is 16.8. The molecule has 1 fully saturated rings. The average molecular weight is 410 g/mol. The number of likely N-dealkylation sites (tertiary alicyclic amines) is 1. The van der Waals surface area contributed by atoms with Crippen LogP contribution in [0.25, 0.3) is 5.69 Å². The summed E-state index contributed by atoms with van der Waals surface area (Å²) in [7, 11) is 1.34. The van der Waals surface area contributed by atoms with Crippen LogP contribution < -0.4 is 16.0 Å². The fraction of sp³-hybridized carbons (Fsp3) is 0.318. The molecule has 0 unspecified atom stereocenters. The molecule has 0 saturated carbocycles. The fourth-order valence-electron chi connectivity index (χ4n) is 3.72. The van der Waals surface area contributed by atoms with E-state index in [4.69, 9.17) is 4.74 Å². The molecule has 156 valence electrons. The van der Waals surface area contributed by atoms with Crippen molar-refractivity contribution in [3.05, 3.63) is 86.3 Å². The van der Waals surface area contributed by atoms with Crippen LogP contribution in [0.1, 0.15) is 24.0 Å². The lowest BCUT2D eigenvalue weighted by Crippen LogP contribution is -2.42. The number of rotatable bonds is 6. The zero-order valence-electron chi connectivity index (χ0n) is 16.8. The summed E-state index contributed by atoms with van der Waals surface area (Å²) in [6.45, 7) is 2.73. The second kappa shape index (κ2) is 8.62. The number of aromatic nitrogens is 3. The van der Waals surface area contributed by atoms with E-state index in [1.807, 2.05) is 24.3 Å². The fourth-order valence-corrected chi connectivity index (χ4v) is 3.72. The van der Waals surface area contributed by atoms with Crippen LogP contribution in [0.2, 0.25) is 0 Å². The van der Waals surface area contributed by atoms with Gasteiger partial charge in [0.15, 0.2) is 0 Å². The van der Waals surface area contributed by atoms with Crippen LogP contribution in [0.5, 0.6) is 5.88 Å². The van der Waals surface area contributed by atoms with E-state index in [2.05, 4.69) is 10.00 Å². The minimum absolute atomic E-state index is 0.00881. The number of ether oxygens (including phenoxy) is 1. The van der Waals surface area contributed by atoms with Crippen LogP contribution in [0.3, 0.4) is 0 Å². The first-order valence-electron chi connectivity index (χ1n) is 9.90. The number of nitrogens with zero attached hydrogens (tertiary/aromatic N) is 4. The van der Waals surface area contributed by atoms with Crippen molar-refractivity contribution in [1.82, 2.24) is 19.2 Å². The van der Waals surface area contributed by atoms with Crippen molar-refractivity contribution < 1.29 is 9.13 Å². The Kier molecular flexibility index (Phi) is 5.76. The van der Waals surface area contributed by atoms with Crippen LogP contribution in [0.4, 0.5) is 4.39 Å². The van der Waals surface area contributed by atoms with Gasteiger partial charge >= 0.3 is 11.2 Å². The molecule has 7 nitrogen and oxygen atoms in total. The highest BCUT2D eigenvalue weighted by atomic mass is 19.1. The largest absolute Gasteiger partial charge is 0.476 e. The van der Waals surface area contributed by atoms with E-state index in [0.717, 1.165) is 36.1 Å². The molecule has 2 aromatic carbocycles. The van der Waals surface area contributed by atoms with Gasteiger partial charge in [-0.3, -0.25) is 9.69 Å². The number of para-hydroxylation sites is 1. The molecule has 0 spiro atoms. The Labute approximate surface area is 173 Å². The van der Waals surface area contributed by atoms with Gasteiger partial charge in [-0.1, -0.05) is 30.3 Å². The predicted octanol–water partition coefficient (Wildman–Crippen LogP) is 2.19. The van der Waals surface area contributed by atoms with Gasteiger partial charge in [-0.25, -0.2) is 13.8 Å². The molecule has 0 N–H and O–H groups in total. The minimum Gasteiger partial charge on any atom is -0.476 e. The molecule has 1 aromatic heterocycles. The number of methoxy groups -OCH3 is 1. The van der Waals surface area contributed by atoms with Gasteiger partial charge in [0.05, 0.1) is 19.3 Å². The van der Waals surface area contributed by atoms with Crippen molar-refractivity contribution in [2.45, 2.75) is 25.9 Å². The van der Waals surface area contributed by atoms with Crippen LogP contribution in [-0.2, 0) is 13.1 Å². The summed E-state index contributed by atoms with van der Waals surface area (Å²) in [6, 6.07) is 13.2. The Morgan fingerprint density at radius 2 is 1.70 bits per heavy atom. The van der Waals surface area contributed by atoms with Crippen LogP contribution in [0, 0.1) is 5.82 Å². The molecule has 0 bridgehead atoms. The number of hydrogen-bond acceptors (Lipinski definition) is 5. The first-order valence-corrected chi connectivity index (χ1v) is 9.90. The summed E-state index contributed by atoms with van der Waals surface area (Å²) < 4.78 is 20.7. The van der Waals surface area contributed by atoms with Gasteiger partial charge in [0.1, 0.15) is 5.82 Å². The SMILES string of the molecule is COc1nn(-c2ccccc2CN2CCCC2)c(=O)n(Cc2ccc(F)cc2)c1=O. The van der Waals surface area contributed by atoms with Crippen molar-refractivity contribution in [3.8, 4) is 11.6 Å². The molecule has 1 saturated heterocycles. The molecule has 1 aliphatic rings. The summed E-state index contributed by atoms with van der Waals surface area (Å²) in [5, 5.41) is 4.18. The Balaban J connectivity index is 1.80. The lowest BCUT2D eigenvalue weighted by Gasteiger charge is -2.18. The van der Waals surface area contributed by atoms with Crippen LogP contribution in [-0.4, -0.2) is 39.4 Å². The quantitative estimate of drug-likeness (QED) is 0.623. The van der Waals surface area contributed by atoms with Gasteiger partial charge in [0.25, 0.3) is 5.88 Å². The van der Waals surface area contributed by atoms with E-state index >= 15 is 0 Å². The molecule has 2 heterocycles. The third kappa shape index (κ3) is 4.04. The second-order valence-electron chi connectivity index (χ2n) is 7.33. The van der Waals surface area contributed by atoms with Gasteiger partial charge in [0, 0.05) is 6.54 Å². The van der Waals surface area contributed by atoms with E-state index in [1.165, 1.54) is 23.9 Å². The number of hydrogen-bond donors (Lipinski definition) is 0. The lowest BCUT2D eigenvalue weighted by atomic mass is 10.1. The van der Waals surface area contributed by atoms with E-state index in [1.54, 1.807) is 12.1 Å². The molecule has 0 amide bonds. The summed E-state index contributed by atoms with van der Waals surface area (Å²) in [5.74, 6) is -0.556. The maximum Gasteiger partial charge on any atom is 0.352 e. The molecule has 3 aromatic rings. The van der Waals surface area contributed by atoms with Crippen molar-refractivity contribution >= 4 is 0 Å². The normalized spacial score (nSPS) is 14.2. The molecule has 4 rings (SSSR count). The molecule has 0 radical (unpaired) electrons. The summed E-state index contributed by atoms with van der Waals surface area (Å²) in [5.41, 5.74) is 0.989. The first kappa shape index (κ1) is 20.0. The van der Waals surface area contributed by atoms with E-state index in [0.29, 0.717) is 17.8 Å². The van der Waals surface area contributed by atoms with Gasteiger partial charge in [-0.15, -0.1) is 5.10 Å². The molecular formula is C22H23FN4O3. The molecular weight excluding hydrogens is 387 g/mol. The van der Waals surface area contributed by atoms with Crippen molar-refractivity contribution in [3.63, 3.8) is 0 Å². The third-order valence-corrected chi connectivity index (χ3v) is 5.29. The summed E-state index contributed by atoms with van der Waals surface area (Å²) in [4.78, 5) is 28.3.